The van der Waals surface area contributed by atoms with Crippen LogP contribution in [0.2, 0.25) is 0 Å². The molecule has 2 aromatic heterocycles. The van der Waals surface area contributed by atoms with Gasteiger partial charge >= 0.3 is 5.97 Å². The molecule has 0 aliphatic carbocycles. The second-order valence-electron chi connectivity index (χ2n) is 6.73. The molecule has 4 aromatic rings. The van der Waals surface area contributed by atoms with Gasteiger partial charge in [0.25, 0.3) is 5.91 Å². The molecule has 2 heterocycles. The Morgan fingerprint density at radius 2 is 1.74 bits per heavy atom. The summed E-state index contributed by atoms with van der Waals surface area (Å²) >= 11 is 0. The molecule has 0 atom stereocenters. The Labute approximate surface area is 178 Å². The van der Waals surface area contributed by atoms with E-state index in [0.717, 1.165) is 11.3 Å². The zero-order valence-electron chi connectivity index (χ0n) is 17.0. The Hall–Kier alpha value is -4.20. The predicted octanol–water partition coefficient (Wildman–Crippen LogP) is 3.55. The summed E-state index contributed by atoms with van der Waals surface area (Å²) in [4.78, 5) is 28.9. The average molecular weight is 416 g/mol. The van der Waals surface area contributed by atoms with Crippen molar-refractivity contribution in [3.63, 3.8) is 0 Å². The summed E-state index contributed by atoms with van der Waals surface area (Å²) in [6.07, 6.45) is 0. The van der Waals surface area contributed by atoms with Crippen LogP contribution >= 0.6 is 0 Å². The van der Waals surface area contributed by atoms with Gasteiger partial charge in [-0.25, -0.2) is 14.5 Å². The number of carbonyl (C=O) groups excluding carboxylic acids is 2. The van der Waals surface area contributed by atoms with Crippen molar-refractivity contribution in [2.75, 3.05) is 7.11 Å². The molecule has 31 heavy (non-hydrogen) atoms. The van der Waals surface area contributed by atoms with Crippen LogP contribution in [-0.2, 0) is 11.3 Å². The zero-order chi connectivity index (χ0) is 21.8. The summed E-state index contributed by atoms with van der Waals surface area (Å²) in [5.41, 5.74) is 1.95. The van der Waals surface area contributed by atoms with Crippen LogP contribution in [0.5, 0.6) is 0 Å². The SMILES string of the molecule is COC(=O)c1cc(CNC(=O)c2nc(-c3ccccc3)n(-c3ccccc3)n2)oc1C. The van der Waals surface area contributed by atoms with Crippen LogP contribution < -0.4 is 5.32 Å². The van der Waals surface area contributed by atoms with Gasteiger partial charge in [-0.3, -0.25) is 4.79 Å². The van der Waals surface area contributed by atoms with Gasteiger partial charge < -0.3 is 14.5 Å². The molecule has 0 aliphatic rings. The molecule has 8 heteroatoms. The van der Waals surface area contributed by atoms with Crippen LogP contribution in [0.1, 0.15) is 32.5 Å². The maximum atomic E-state index is 12.7. The minimum absolute atomic E-state index is 0.0270. The summed E-state index contributed by atoms with van der Waals surface area (Å²) in [7, 11) is 1.30. The number of hydrogen-bond acceptors (Lipinski definition) is 6. The van der Waals surface area contributed by atoms with Crippen LogP contribution in [-0.4, -0.2) is 33.8 Å². The number of esters is 1. The summed E-state index contributed by atoms with van der Waals surface area (Å²) in [6, 6.07) is 20.6. The summed E-state index contributed by atoms with van der Waals surface area (Å²) < 4.78 is 11.9. The first-order valence-corrected chi connectivity index (χ1v) is 9.60. The molecule has 156 valence electrons. The van der Waals surface area contributed by atoms with E-state index in [4.69, 9.17) is 9.15 Å². The fourth-order valence-electron chi connectivity index (χ4n) is 3.12. The summed E-state index contributed by atoms with van der Waals surface area (Å²) in [5.74, 6) is 0.485. The quantitative estimate of drug-likeness (QED) is 0.483. The van der Waals surface area contributed by atoms with E-state index in [0.29, 0.717) is 22.9 Å². The summed E-state index contributed by atoms with van der Waals surface area (Å²) in [5, 5.41) is 7.16. The second-order valence-corrected chi connectivity index (χ2v) is 6.73. The van der Waals surface area contributed by atoms with Crippen LogP contribution in [0.15, 0.2) is 71.1 Å². The Morgan fingerprint density at radius 3 is 2.42 bits per heavy atom. The van der Waals surface area contributed by atoms with Gasteiger partial charge in [0.2, 0.25) is 5.82 Å². The third-order valence-electron chi connectivity index (χ3n) is 4.64. The number of nitrogens with one attached hydrogen (secondary N) is 1. The van der Waals surface area contributed by atoms with E-state index in [2.05, 4.69) is 15.4 Å². The van der Waals surface area contributed by atoms with Gasteiger partial charge in [-0.15, -0.1) is 5.10 Å². The maximum absolute atomic E-state index is 12.7. The molecule has 1 N–H and O–H groups in total. The highest BCUT2D eigenvalue weighted by Gasteiger charge is 2.20. The van der Waals surface area contributed by atoms with Gasteiger partial charge in [0, 0.05) is 5.56 Å². The molecule has 0 fully saturated rings. The lowest BCUT2D eigenvalue weighted by atomic mass is 10.2. The first-order valence-electron chi connectivity index (χ1n) is 9.60. The van der Waals surface area contributed by atoms with Gasteiger partial charge in [0.05, 0.1) is 19.3 Å². The van der Waals surface area contributed by atoms with Crippen molar-refractivity contribution < 1.29 is 18.7 Å². The molecule has 8 nitrogen and oxygen atoms in total. The van der Waals surface area contributed by atoms with Crippen molar-refractivity contribution in [1.82, 2.24) is 20.1 Å². The number of nitrogens with zero attached hydrogens (tertiary/aromatic N) is 3. The van der Waals surface area contributed by atoms with Crippen molar-refractivity contribution in [3.8, 4) is 17.1 Å². The van der Waals surface area contributed by atoms with Crippen LogP contribution in [0.4, 0.5) is 0 Å². The molecule has 0 saturated heterocycles. The number of hydrogen-bond donors (Lipinski definition) is 1. The normalized spacial score (nSPS) is 10.6. The minimum atomic E-state index is -0.491. The minimum Gasteiger partial charge on any atom is -0.465 e. The lowest BCUT2D eigenvalue weighted by Gasteiger charge is -2.05. The lowest BCUT2D eigenvalue weighted by molar-refractivity contribution is 0.0598. The van der Waals surface area contributed by atoms with Crippen molar-refractivity contribution >= 4 is 11.9 Å². The molecule has 0 unspecified atom stereocenters. The van der Waals surface area contributed by atoms with Crippen LogP contribution in [0.3, 0.4) is 0 Å². The molecule has 1 amide bonds. The Kier molecular flexibility index (Phi) is 5.61. The third kappa shape index (κ3) is 4.23. The van der Waals surface area contributed by atoms with Gasteiger partial charge in [0.1, 0.15) is 17.1 Å². The monoisotopic (exact) mass is 416 g/mol. The van der Waals surface area contributed by atoms with E-state index >= 15 is 0 Å². The lowest BCUT2D eigenvalue weighted by Crippen LogP contribution is -2.24. The van der Waals surface area contributed by atoms with Crippen molar-refractivity contribution in [1.29, 1.82) is 0 Å². The topological polar surface area (TPSA) is 99.2 Å². The van der Waals surface area contributed by atoms with Crippen molar-refractivity contribution in [3.05, 3.63) is 89.6 Å². The Balaban J connectivity index is 1.59. The Bertz CT molecular complexity index is 1160. The molecule has 0 saturated carbocycles. The van der Waals surface area contributed by atoms with Crippen LogP contribution in [0, 0.1) is 6.92 Å². The largest absolute Gasteiger partial charge is 0.465 e. The average Bonchev–Trinajstić information content (AvgIpc) is 3.42. The van der Waals surface area contributed by atoms with Gasteiger partial charge in [0.15, 0.2) is 5.82 Å². The molecular formula is C23H20N4O4. The third-order valence-corrected chi connectivity index (χ3v) is 4.64. The zero-order valence-corrected chi connectivity index (χ0v) is 17.0. The van der Waals surface area contributed by atoms with Gasteiger partial charge in [-0.1, -0.05) is 48.5 Å². The highest BCUT2D eigenvalue weighted by molar-refractivity contribution is 5.91. The first-order chi connectivity index (χ1) is 15.1. The van der Waals surface area contributed by atoms with E-state index in [1.807, 2.05) is 60.7 Å². The number of rotatable bonds is 6. The van der Waals surface area contributed by atoms with E-state index in [1.54, 1.807) is 17.7 Å². The molecular weight excluding hydrogens is 396 g/mol. The number of ether oxygens (including phenoxy) is 1. The number of methoxy groups -OCH3 is 1. The van der Waals surface area contributed by atoms with E-state index in [1.165, 1.54) is 7.11 Å². The number of benzene rings is 2. The number of para-hydroxylation sites is 1. The smallest absolute Gasteiger partial charge is 0.341 e. The van der Waals surface area contributed by atoms with E-state index in [-0.39, 0.29) is 12.4 Å². The molecule has 4 rings (SSSR count). The standard InChI is InChI=1S/C23H20N4O4/c1-15-19(23(29)30-2)13-18(31-15)14-24-22(28)20-25-21(16-9-5-3-6-10-16)27(26-20)17-11-7-4-8-12-17/h3-13H,14H2,1-2H3,(H,24,28). The van der Waals surface area contributed by atoms with Gasteiger partial charge in [-0.2, -0.15) is 0 Å². The molecule has 0 bridgehead atoms. The Morgan fingerprint density at radius 1 is 1.06 bits per heavy atom. The molecule has 0 aliphatic heterocycles. The molecule has 0 spiro atoms. The van der Waals surface area contributed by atoms with E-state index in [9.17, 15) is 9.59 Å². The van der Waals surface area contributed by atoms with E-state index < -0.39 is 11.9 Å². The fraction of sp³-hybridized carbons (Fsp3) is 0.130. The van der Waals surface area contributed by atoms with Crippen molar-refractivity contribution in [2.24, 2.45) is 0 Å². The highest BCUT2D eigenvalue weighted by atomic mass is 16.5. The number of carbonyl (C=O) groups is 2. The van der Waals surface area contributed by atoms with Crippen molar-refractivity contribution in [2.45, 2.75) is 13.5 Å². The number of amides is 1. The first kappa shape index (κ1) is 20.1. The summed E-state index contributed by atoms with van der Waals surface area (Å²) in [6.45, 7) is 1.74. The predicted molar refractivity (Wildman–Crippen MR) is 113 cm³/mol. The molecule has 0 radical (unpaired) electrons. The number of aryl methyl sites for hydroxylation is 1. The van der Waals surface area contributed by atoms with Gasteiger partial charge in [-0.05, 0) is 25.1 Å². The second kappa shape index (κ2) is 8.66. The molecule has 2 aromatic carbocycles. The number of furan rings is 1. The highest BCUT2D eigenvalue weighted by Crippen LogP contribution is 2.21. The maximum Gasteiger partial charge on any atom is 0.341 e. The number of aromatic nitrogens is 3. The fourth-order valence-corrected chi connectivity index (χ4v) is 3.12. The van der Waals surface area contributed by atoms with Crippen LogP contribution in [0.25, 0.3) is 17.1 Å².